The number of H-pyrrole nitrogens is 1. The molecule has 2 fully saturated rings. The van der Waals surface area contributed by atoms with Gasteiger partial charge in [0.25, 0.3) is 5.56 Å². The van der Waals surface area contributed by atoms with Gasteiger partial charge in [-0.2, -0.15) is 5.10 Å². The first-order valence-corrected chi connectivity index (χ1v) is 12.0. The summed E-state index contributed by atoms with van der Waals surface area (Å²) in [5, 5.41) is 19.3. The average Bonchev–Trinajstić information content (AvgIpc) is 3.59. The molecule has 1 aliphatic heterocycles. The number of nitrogens with one attached hydrogen (secondary N) is 2. The molecule has 3 N–H and O–H groups in total. The number of nitrogens with zero attached hydrogens (tertiary/aromatic N) is 4. The average molecular weight is 485 g/mol. The molecule has 1 aromatic carbocycles. The number of allylic oxidation sites excluding steroid dienone is 3. The second-order valence-corrected chi connectivity index (χ2v) is 9.36. The summed E-state index contributed by atoms with van der Waals surface area (Å²) in [5.41, 5.74) is 1.64. The van der Waals surface area contributed by atoms with E-state index in [1.165, 1.54) is 6.20 Å². The topological polar surface area (TPSA) is 124 Å². The summed E-state index contributed by atoms with van der Waals surface area (Å²) in [7, 11) is 0. The number of piperidine rings is 1. The SMILES string of the molecule is C=C/C=C(\C=C/CN1CCC2(CC1)CC2C(=O)O)Nc1nc(-c2ccccc2)nc2cn[nH]c(=O)c12. The number of aromatic nitrogens is 4. The molecule has 9 nitrogen and oxygen atoms in total. The molecule has 0 bridgehead atoms. The van der Waals surface area contributed by atoms with Crippen LogP contribution in [0.5, 0.6) is 0 Å². The van der Waals surface area contributed by atoms with E-state index in [2.05, 4.69) is 43.0 Å². The summed E-state index contributed by atoms with van der Waals surface area (Å²) in [6.45, 7) is 6.33. The van der Waals surface area contributed by atoms with Gasteiger partial charge >= 0.3 is 5.97 Å². The number of anilines is 1. The minimum atomic E-state index is -0.657. The first-order valence-electron chi connectivity index (χ1n) is 12.0. The molecule has 1 saturated carbocycles. The molecule has 2 aromatic heterocycles. The molecule has 2 aliphatic rings. The zero-order valence-corrected chi connectivity index (χ0v) is 19.9. The molecular formula is C27H28N6O3. The number of hydrogen-bond acceptors (Lipinski definition) is 7. The van der Waals surface area contributed by atoms with Gasteiger partial charge in [0.1, 0.15) is 16.7 Å². The lowest BCUT2D eigenvalue weighted by molar-refractivity contribution is -0.139. The maximum atomic E-state index is 12.6. The molecule has 0 amide bonds. The second-order valence-electron chi connectivity index (χ2n) is 9.36. The van der Waals surface area contributed by atoms with Crippen molar-refractivity contribution in [1.82, 2.24) is 25.1 Å². The predicted molar refractivity (Wildman–Crippen MR) is 138 cm³/mol. The molecule has 1 unspecified atom stereocenters. The third-order valence-corrected chi connectivity index (χ3v) is 7.11. The van der Waals surface area contributed by atoms with Gasteiger partial charge in [0, 0.05) is 17.8 Å². The van der Waals surface area contributed by atoms with E-state index in [9.17, 15) is 14.7 Å². The van der Waals surface area contributed by atoms with Gasteiger partial charge in [0.15, 0.2) is 5.82 Å². The van der Waals surface area contributed by atoms with E-state index in [4.69, 9.17) is 0 Å². The van der Waals surface area contributed by atoms with Crippen LogP contribution in [-0.4, -0.2) is 55.8 Å². The van der Waals surface area contributed by atoms with E-state index in [1.807, 2.05) is 42.5 Å². The summed E-state index contributed by atoms with van der Waals surface area (Å²) in [6, 6.07) is 9.56. The Kier molecular flexibility index (Phi) is 6.47. The van der Waals surface area contributed by atoms with Crippen LogP contribution in [0, 0.1) is 11.3 Å². The first-order chi connectivity index (χ1) is 17.5. The maximum Gasteiger partial charge on any atom is 0.307 e. The van der Waals surface area contributed by atoms with Gasteiger partial charge in [-0.15, -0.1) is 0 Å². The van der Waals surface area contributed by atoms with Crippen molar-refractivity contribution in [2.24, 2.45) is 11.3 Å². The van der Waals surface area contributed by atoms with E-state index in [0.29, 0.717) is 22.5 Å². The first kappa shape index (κ1) is 23.6. The van der Waals surface area contributed by atoms with Gasteiger partial charge in [-0.25, -0.2) is 15.1 Å². The van der Waals surface area contributed by atoms with Crippen LogP contribution in [0.4, 0.5) is 5.82 Å². The third kappa shape index (κ3) is 4.83. The lowest BCUT2D eigenvalue weighted by Gasteiger charge is -2.31. The number of rotatable bonds is 8. The minimum absolute atomic E-state index is 0.0218. The number of carboxylic acids is 1. The molecule has 3 aromatic rings. The quantitative estimate of drug-likeness (QED) is 0.414. The number of aromatic amines is 1. The van der Waals surface area contributed by atoms with Gasteiger partial charge in [-0.05, 0) is 49.9 Å². The van der Waals surface area contributed by atoms with Crippen molar-refractivity contribution in [3.05, 3.63) is 83.5 Å². The summed E-state index contributed by atoms with van der Waals surface area (Å²) >= 11 is 0. The van der Waals surface area contributed by atoms with Crippen LogP contribution in [-0.2, 0) is 4.79 Å². The normalized spacial score (nSPS) is 19.6. The van der Waals surface area contributed by atoms with Crippen molar-refractivity contribution in [2.75, 3.05) is 25.0 Å². The Morgan fingerprint density at radius 1 is 1.25 bits per heavy atom. The monoisotopic (exact) mass is 484 g/mol. The van der Waals surface area contributed by atoms with Crippen molar-refractivity contribution in [3.8, 4) is 11.4 Å². The highest BCUT2D eigenvalue weighted by atomic mass is 16.4. The van der Waals surface area contributed by atoms with Crippen molar-refractivity contribution in [3.63, 3.8) is 0 Å². The zero-order chi connectivity index (χ0) is 25.1. The van der Waals surface area contributed by atoms with E-state index >= 15 is 0 Å². The predicted octanol–water partition coefficient (Wildman–Crippen LogP) is 3.60. The van der Waals surface area contributed by atoms with Gasteiger partial charge in [-0.3, -0.25) is 14.5 Å². The molecule has 1 spiro atoms. The number of carboxylic acid groups (broad SMARTS) is 1. The molecule has 3 heterocycles. The number of likely N-dealkylation sites (tertiary alicyclic amines) is 1. The number of benzene rings is 1. The lowest BCUT2D eigenvalue weighted by atomic mass is 9.91. The fourth-order valence-corrected chi connectivity index (χ4v) is 4.97. The molecule has 1 saturated heterocycles. The molecule has 0 radical (unpaired) electrons. The highest BCUT2D eigenvalue weighted by molar-refractivity contribution is 5.90. The number of aliphatic carboxylic acids is 1. The van der Waals surface area contributed by atoms with E-state index < -0.39 is 5.97 Å². The third-order valence-electron chi connectivity index (χ3n) is 7.11. The molecule has 1 atom stereocenters. The Morgan fingerprint density at radius 3 is 2.72 bits per heavy atom. The smallest absolute Gasteiger partial charge is 0.307 e. The summed E-state index contributed by atoms with van der Waals surface area (Å²) in [5.74, 6) is 0.0507. The summed E-state index contributed by atoms with van der Waals surface area (Å²) in [6.07, 6.45) is 11.7. The standard InChI is InChI=1S/C27H28N6O3/c1-2-7-19(10-6-13-33-14-11-27(12-15-33)16-20(27)26(35)36)29-24-22-21(17-28-32-25(22)34)30-23(31-24)18-8-4-3-5-9-18/h2-10,17,20H,1,11-16H2,(H,32,34)(H,35,36)(H,29,30,31)/b10-6-,19-7+. The highest BCUT2D eigenvalue weighted by Gasteiger charge is 2.58. The molecule has 36 heavy (non-hydrogen) atoms. The van der Waals surface area contributed by atoms with Crippen LogP contribution in [0.15, 0.2) is 77.9 Å². The summed E-state index contributed by atoms with van der Waals surface area (Å²) in [4.78, 5) is 35.4. The van der Waals surface area contributed by atoms with Crippen molar-refractivity contribution in [2.45, 2.75) is 19.3 Å². The molecule has 5 rings (SSSR count). The Morgan fingerprint density at radius 2 is 2.03 bits per heavy atom. The lowest BCUT2D eigenvalue weighted by Crippen LogP contribution is -2.35. The van der Waals surface area contributed by atoms with Gasteiger partial charge in [0.05, 0.1) is 12.1 Å². The molecular weight excluding hydrogens is 456 g/mol. The Labute approximate surface area is 208 Å². The summed E-state index contributed by atoms with van der Waals surface area (Å²) < 4.78 is 0. The Balaban J connectivity index is 1.33. The van der Waals surface area contributed by atoms with E-state index in [-0.39, 0.29) is 16.9 Å². The van der Waals surface area contributed by atoms with Crippen molar-refractivity contribution in [1.29, 1.82) is 0 Å². The highest BCUT2D eigenvalue weighted by Crippen LogP contribution is 2.59. The van der Waals surface area contributed by atoms with Crippen LogP contribution in [0.3, 0.4) is 0 Å². The van der Waals surface area contributed by atoms with Crippen molar-refractivity contribution < 1.29 is 9.90 Å². The van der Waals surface area contributed by atoms with Gasteiger partial charge in [0.2, 0.25) is 0 Å². The van der Waals surface area contributed by atoms with Crippen molar-refractivity contribution >= 4 is 22.7 Å². The largest absolute Gasteiger partial charge is 0.481 e. The number of hydrogen-bond donors (Lipinski definition) is 3. The second kappa shape index (κ2) is 9.87. The zero-order valence-electron chi connectivity index (χ0n) is 19.9. The van der Waals surface area contributed by atoms with Gasteiger partial charge in [-0.1, -0.05) is 49.1 Å². The molecule has 9 heteroatoms. The Hall–Kier alpha value is -4.11. The maximum absolute atomic E-state index is 12.6. The number of fused-ring (bicyclic) bond motifs is 1. The molecule has 184 valence electrons. The van der Waals surface area contributed by atoms with Crippen LogP contribution in [0.25, 0.3) is 22.3 Å². The van der Waals surface area contributed by atoms with Crippen LogP contribution >= 0.6 is 0 Å². The fraction of sp³-hybridized carbons (Fsp3) is 0.296. The van der Waals surface area contributed by atoms with E-state index in [0.717, 1.165) is 50.2 Å². The van der Waals surface area contributed by atoms with Crippen LogP contribution in [0.1, 0.15) is 19.3 Å². The molecule has 1 aliphatic carbocycles. The van der Waals surface area contributed by atoms with Gasteiger partial charge < -0.3 is 10.4 Å². The number of carbonyl (C=O) groups is 1. The minimum Gasteiger partial charge on any atom is -0.481 e. The van der Waals surface area contributed by atoms with E-state index in [1.54, 1.807) is 6.08 Å². The van der Waals surface area contributed by atoms with Crippen LogP contribution in [0.2, 0.25) is 0 Å². The van der Waals surface area contributed by atoms with Crippen LogP contribution < -0.4 is 10.9 Å². The fourth-order valence-electron chi connectivity index (χ4n) is 4.97. The Bertz CT molecular complexity index is 1400.